The number of hydrogen-bond acceptors (Lipinski definition) is 5. The highest BCUT2D eigenvalue weighted by atomic mass is 35.5. The summed E-state index contributed by atoms with van der Waals surface area (Å²) < 4.78 is 23.5. The molecule has 1 aromatic carbocycles. The van der Waals surface area contributed by atoms with Gasteiger partial charge in [0.2, 0.25) is 0 Å². The van der Waals surface area contributed by atoms with Crippen LogP contribution in [0, 0.1) is 0 Å². The Morgan fingerprint density at radius 2 is 2.13 bits per heavy atom. The van der Waals surface area contributed by atoms with E-state index < -0.39 is 30.4 Å². The molecule has 128 valence electrons. The summed E-state index contributed by atoms with van der Waals surface area (Å²) in [6.45, 7) is 5.96. The summed E-state index contributed by atoms with van der Waals surface area (Å²) in [5.74, 6) is -0.713. The van der Waals surface area contributed by atoms with Crippen molar-refractivity contribution in [3.05, 3.63) is 34.9 Å². The van der Waals surface area contributed by atoms with E-state index in [-0.39, 0.29) is 6.10 Å². The number of aliphatic hydroxyl groups excluding tert-OH is 1. The Balaban J connectivity index is 1.72. The Hall–Kier alpha value is -0.690. The molecule has 23 heavy (non-hydrogen) atoms. The summed E-state index contributed by atoms with van der Waals surface area (Å²) in [6, 6.07) is 7.50. The van der Waals surface area contributed by atoms with Gasteiger partial charge in [0.05, 0.1) is 12.7 Å². The Labute approximate surface area is 141 Å². The number of fused-ring (bicyclic) bond motifs is 1. The van der Waals surface area contributed by atoms with Gasteiger partial charge < -0.3 is 24.1 Å². The molecule has 0 unspecified atom stereocenters. The van der Waals surface area contributed by atoms with E-state index in [1.54, 1.807) is 0 Å². The van der Waals surface area contributed by atoms with Gasteiger partial charge in [-0.25, -0.2) is 0 Å². The smallest absolute Gasteiger partial charge is 0.190 e. The predicted octanol–water partition coefficient (Wildman–Crippen LogP) is 2.87. The molecule has 0 aliphatic carbocycles. The van der Waals surface area contributed by atoms with Crippen LogP contribution >= 0.6 is 11.6 Å². The molecule has 2 fully saturated rings. The first kappa shape index (κ1) is 17.1. The van der Waals surface area contributed by atoms with E-state index >= 15 is 0 Å². The lowest BCUT2D eigenvalue weighted by atomic mass is 10.0. The van der Waals surface area contributed by atoms with Gasteiger partial charge in [0.25, 0.3) is 0 Å². The average Bonchev–Trinajstić information content (AvgIpc) is 2.96. The van der Waals surface area contributed by atoms with Gasteiger partial charge in [-0.1, -0.05) is 30.7 Å². The van der Waals surface area contributed by atoms with Crippen molar-refractivity contribution in [2.75, 3.05) is 0 Å². The fourth-order valence-corrected chi connectivity index (χ4v) is 3.27. The monoisotopic (exact) mass is 342 g/mol. The minimum Gasteiger partial charge on any atom is -0.390 e. The molecular formula is C17H23ClO5. The van der Waals surface area contributed by atoms with E-state index in [2.05, 4.69) is 0 Å². The van der Waals surface area contributed by atoms with Gasteiger partial charge in [0, 0.05) is 5.02 Å². The molecule has 0 aromatic heterocycles. The van der Waals surface area contributed by atoms with Crippen molar-refractivity contribution >= 4 is 11.6 Å². The zero-order valence-electron chi connectivity index (χ0n) is 13.6. The maximum atomic E-state index is 10.2. The Kier molecular flexibility index (Phi) is 4.97. The molecule has 5 nitrogen and oxygen atoms in total. The summed E-state index contributed by atoms with van der Waals surface area (Å²) in [4.78, 5) is 0. The zero-order chi connectivity index (χ0) is 16.6. The van der Waals surface area contributed by atoms with Gasteiger partial charge in [-0.15, -0.1) is 0 Å². The lowest BCUT2D eigenvalue weighted by Crippen LogP contribution is -2.42. The van der Waals surface area contributed by atoms with Gasteiger partial charge in [-0.2, -0.15) is 0 Å². The van der Waals surface area contributed by atoms with Crippen LogP contribution in [0.4, 0.5) is 0 Å². The van der Waals surface area contributed by atoms with E-state index in [1.807, 2.05) is 45.0 Å². The van der Waals surface area contributed by atoms with E-state index in [1.165, 1.54) is 0 Å². The van der Waals surface area contributed by atoms with Crippen LogP contribution in [0.2, 0.25) is 5.02 Å². The fraction of sp³-hybridized carbons (Fsp3) is 0.647. The first-order valence-corrected chi connectivity index (χ1v) is 8.32. The second-order valence-corrected chi connectivity index (χ2v) is 6.89. The van der Waals surface area contributed by atoms with Crippen LogP contribution in [0.3, 0.4) is 0 Å². The van der Waals surface area contributed by atoms with Crippen LogP contribution < -0.4 is 0 Å². The second kappa shape index (κ2) is 6.67. The molecule has 2 aliphatic rings. The SMILES string of the molecule is CC[C@@H](O)[C@H]1O[C@@H]2OC(C)(C)O[C@@H]2[C@H]1OCc1cccc(Cl)c1. The Bertz CT molecular complexity index is 550. The van der Waals surface area contributed by atoms with Crippen molar-refractivity contribution in [3.63, 3.8) is 0 Å². The zero-order valence-corrected chi connectivity index (χ0v) is 14.3. The third kappa shape index (κ3) is 3.71. The highest BCUT2D eigenvalue weighted by Crippen LogP contribution is 2.40. The first-order chi connectivity index (χ1) is 10.9. The van der Waals surface area contributed by atoms with E-state index in [9.17, 15) is 5.11 Å². The largest absolute Gasteiger partial charge is 0.390 e. The van der Waals surface area contributed by atoms with Gasteiger partial charge in [0.15, 0.2) is 12.1 Å². The quantitative estimate of drug-likeness (QED) is 0.891. The number of ether oxygens (including phenoxy) is 4. The molecule has 1 N–H and O–H groups in total. The molecule has 3 rings (SSSR count). The van der Waals surface area contributed by atoms with Gasteiger partial charge in [-0.05, 0) is 38.0 Å². The van der Waals surface area contributed by atoms with E-state index in [0.29, 0.717) is 18.1 Å². The maximum Gasteiger partial charge on any atom is 0.190 e. The summed E-state index contributed by atoms with van der Waals surface area (Å²) in [7, 11) is 0. The molecule has 0 saturated carbocycles. The van der Waals surface area contributed by atoms with Crippen LogP contribution in [0.25, 0.3) is 0 Å². The van der Waals surface area contributed by atoms with Gasteiger partial charge in [-0.3, -0.25) is 0 Å². The van der Waals surface area contributed by atoms with Crippen molar-refractivity contribution in [3.8, 4) is 0 Å². The highest BCUT2D eigenvalue weighted by molar-refractivity contribution is 6.30. The third-order valence-electron chi connectivity index (χ3n) is 4.16. The second-order valence-electron chi connectivity index (χ2n) is 6.45. The fourth-order valence-electron chi connectivity index (χ4n) is 3.06. The predicted molar refractivity (Wildman–Crippen MR) is 85.0 cm³/mol. The van der Waals surface area contributed by atoms with Crippen LogP contribution in [0.15, 0.2) is 24.3 Å². The topological polar surface area (TPSA) is 57.2 Å². The lowest BCUT2D eigenvalue weighted by Gasteiger charge is -2.28. The highest BCUT2D eigenvalue weighted by Gasteiger charge is 2.56. The van der Waals surface area contributed by atoms with E-state index in [4.69, 9.17) is 30.5 Å². The summed E-state index contributed by atoms with van der Waals surface area (Å²) in [6.07, 6.45) is -1.78. The number of halogens is 1. The molecule has 2 aliphatic heterocycles. The molecule has 2 heterocycles. The van der Waals surface area contributed by atoms with Crippen molar-refractivity contribution in [1.82, 2.24) is 0 Å². The lowest BCUT2D eigenvalue weighted by molar-refractivity contribution is -0.230. The molecule has 2 saturated heterocycles. The molecular weight excluding hydrogens is 320 g/mol. The van der Waals surface area contributed by atoms with E-state index in [0.717, 1.165) is 5.56 Å². The summed E-state index contributed by atoms with van der Waals surface area (Å²) >= 11 is 6.00. The van der Waals surface area contributed by atoms with Crippen molar-refractivity contribution in [2.45, 2.75) is 70.3 Å². The molecule has 0 spiro atoms. The first-order valence-electron chi connectivity index (χ1n) is 7.95. The summed E-state index contributed by atoms with van der Waals surface area (Å²) in [5.41, 5.74) is 0.962. The number of rotatable bonds is 5. The minimum atomic E-state index is -0.713. The average molecular weight is 343 g/mol. The van der Waals surface area contributed by atoms with Crippen LogP contribution in [0.5, 0.6) is 0 Å². The van der Waals surface area contributed by atoms with Gasteiger partial charge >= 0.3 is 0 Å². The molecule has 6 heteroatoms. The maximum absolute atomic E-state index is 10.2. The van der Waals surface area contributed by atoms with Crippen molar-refractivity contribution in [2.24, 2.45) is 0 Å². The van der Waals surface area contributed by atoms with Crippen molar-refractivity contribution < 1.29 is 24.1 Å². The van der Waals surface area contributed by atoms with Crippen LogP contribution in [-0.4, -0.2) is 41.6 Å². The minimum absolute atomic E-state index is 0.351. The molecule has 5 atom stereocenters. The Morgan fingerprint density at radius 1 is 1.35 bits per heavy atom. The van der Waals surface area contributed by atoms with Crippen LogP contribution in [-0.2, 0) is 25.6 Å². The number of aliphatic hydroxyl groups is 1. The molecule has 1 aromatic rings. The van der Waals surface area contributed by atoms with Crippen molar-refractivity contribution in [1.29, 1.82) is 0 Å². The number of hydrogen-bond donors (Lipinski definition) is 1. The Morgan fingerprint density at radius 3 is 2.83 bits per heavy atom. The molecule has 0 amide bonds. The molecule has 0 bridgehead atoms. The van der Waals surface area contributed by atoms with Gasteiger partial charge in [0.1, 0.15) is 18.3 Å². The summed E-state index contributed by atoms with van der Waals surface area (Å²) in [5, 5.41) is 10.9. The normalized spacial score (nSPS) is 33.6. The number of benzene rings is 1. The van der Waals surface area contributed by atoms with Crippen LogP contribution in [0.1, 0.15) is 32.8 Å². The molecule has 0 radical (unpaired) electrons. The third-order valence-corrected chi connectivity index (χ3v) is 4.39. The standard InChI is InChI=1S/C17H23ClO5/c1-4-12(19)13-14(15-16(21-13)23-17(2,3)22-15)20-9-10-6-5-7-11(18)8-10/h5-8,12-16,19H,4,9H2,1-3H3/t12-,13-,14+,15-,16-/m1/s1.